The number of carbonyl (C=O) groups is 3. The number of rotatable bonds is 5. The standard InChI is InChI=1S/C18H21N5O3/c1-3-22-12-13(10-19-22)11-21(2)17(25)14-6-4-5-7-15(14)23-9-8-16(24)20-18(23)26/h4-7,10,12H,3,8-9,11H2,1-2H3,(H,20,24,26). The SMILES string of the molecule is CCn1cc(CN(C)C(=O)c2ccccc2N2CCC(=O)NC2=O)cn1. The summed E-state index contributed by atoms with van der Waals surface area (Å²) >= 11 is 0. The Balaban J connectivity index is 1.81. The maximum atomic E-state index is 12.9. The summed E-state index contributed by atoms with van der Waals surface area (Å²) in [6, 6.07) is 6.42. The van der Waals surface area contributed by atoms with Crippen LogP contribution < -0.4 is 10.2 Å². The highest BCUT2D eigenvalue weighted by molar-refractivity contribution is 6.09. The normalized spacial score (nSPS) is 14.3. The van der Waals surface area contributed by atoms with E-state index in [2.05, 4.69) is 10.4 Å². The minimum atomic E-state index is -0.506. The lowest BCUT2D eigenvalue weighted by Gasteiger charge is -2.29. The van der Waals surface area contributed by atoms with E-state index >= 15 is 0 Å². The fraction of sp³-hybridized carbons (Fsp3) is 0.333. The number of imide groups is 1. The highest BCUT2D eigenvalue weighted by atomic mass is 16.2. The van der Waals surface area contributed by atoms with Gasteiger partial charge < -0.3 is 4.90 Å². The van der Waals surface area contributed by atoms with Crippen LogP contribution in [0.5, 0.6) is 0 Å². The van der Waals surface area contributed by atoms with E-state index in [0.29, 0.717) is 17.8 Å². The lowest BCUT2D eigenvalue weighted by Crippen LogP contribution is -2.50. The van der Waals surface area contributed by atoms with Gasteiger partial charge in [0.15, 0.2) is 0 Å². The molecule has 8 nitrogen and oxygen atoms in total. The number of nitrogens with zero attached hydrogens (tertiary/aromatic N) is 4. The number of carbonyl (C=O) groups excluding carboxylic acids is 3. The Kier molecular flexibility index (Phi) is 5.01. The first-order valence-electron chi connectivity index (χ1n) is 8.46. The van der Waals surface area contributed by atoms with Crippen molar-refractivity contribution in [3.05, 3.63) is 47.8 Å². The first kappa shape index (κ1) is 17.7. The molecule has 0 aliphatic carbocycles. The summed E-state index contributed by atoms with van der Waals surface area (Å²) in [5.41, 5.74) is 1.85. The second-order valence-corrected chi connectivity index (χ2v) is 6.14. The molecule has 1 N–H and O–H groups in total. The van der Waals surface area contributed by atoms with Crippen molar-refractivity contribution in [2.75, 3.05) is 18.5 Å². The van der Waals surface area contributed by atoms with Crippen molar-refractivity contribution in [2.45, 2.75) is 26.4 Å². The molecular formula is C18H21N5O3. The largest absolute Gasteiger partial charge is 0.337 e. The molecule has 136 valence electrons. The van der Waals surface area contributed by atoms with Gasteiger partial charge in [-0.1, -0.05) is 12.1 Å². The van der Waals surface area contributed by atoms with Gasteiger partial charge in [0.1, 0.15) is 0 Å². The van der Waals surface area contributed by atoms with Crippen molar-refractivity contribution in [2.24, 2.45) is 0 Å². The Bertz CT molecular complexity index is 845. The first-order valence-corrected chi connectivity index (χ1v) is 8.46. The molecule has 0 unspecified atom stereocenters. The molecule has 1 aromatic heterocycles. The van der Waals surface area contributed by atoms with Crippen LogP contribution in [0, 0.1) is 0 Å². The molecule has 8 heteroatoms. The van der Waals surface area contributed by atoms with Crippen molar-refractivity contribution in [1.29, 1.82) is 0 Å². The topological polar surface area (TPSA) is 87.5 Å². The maximum Gasteiger partial charge on any atom is 0.328 e. The minimum absolute atomic E-state index is 0.199. The van der Waals surface area contributed by atoms with Crippen LogP contribution in [0.2, 0.25) is 0 Å². The second kappa shape index (κ2) is 7.38. The second-order valence-electron chi connectivity index (χ2n) is 6.14. The zero-order chi connectivity index (χ0) is 18.7. The van der Waals surface area contributed by atoms with E-state index in [1.54, 1.807) is 47.1 Å². The monoisotopic (exact) mass is 355 g/mol. The molecule has 1 fully saturated rings. The van der Waals surface area contributed by atoms with Crippen LogP contribution in [0.15, 0.2) is 36.7 Å². The number of benzene rings is 1. The van der Waals surface area contributed by atoms with E-state index in [0.717, 1.165) is 12.1 Å². The van der Waals surface area contributed by atoms with Crippen molar-refractivity contribution >= 4 is 23.5 Å². The van der Waals surface area contributed by atoms with Crippen molar-refractivity contribution in [3.63, 3.8) is 0 Å². The quantitative estimate of drug-likeness (QED) is 0.883. The van der Waals surface area contributed by atoms with Gasteiger partial charge in [-0.2, -0.15) is 5.10 Å². The summed E-state index contributed by atoms with van der Waals surface area (Å²) in [6.07, 6.45) is 3.85. The molecule has 0 bridgehead atoms. The Hall–Kier alpha value is -3.16. The predicted molar refractivity (Wildman–Crippen MR) is 95.6 cm³/mol. The number of nitrogens with one attached hydrogen (secondary N) is 1. The summed E-state index contributed by atoms with van der Waals surface area (Å²) in [4.78, 5) is 39.4. The van der Waals surface area contributed by atoms with Gasteiger partial charge in [0.25, 0.3) is 5.91 Å². The predicted octanol–water partition coefficient (Wildman–Crippen LogP) is 1.62. The van der Waals surface area contributed by atoms with Gasteiger partial charge in [0.05, 0.1) is 17.4 Å². The number of anilines is 1. The van der Waals surface area contributed by atoms with Gasteiger partial charge in [0, 0.05) is 44.9 Å². The summed E-state index contributed by atoms with van der Waals surface area (Å²) in [6.45, 7) is 3.43. The van der Waals surface area contributed by atoms with Crippen molar-refractivity contribution < 1.29 is 14.4 Å². The molecule has 1 aliphatic rings. The van der Waals surface area contributed by atoms with E-state index in [1.165, 1.54) is 4.90 Å². The lowest BCUT2D eigenvalue weighted by atomic mass is 10.1. The molecular weight excluding hydrogens is 334 g/mol. The zero-order valence-corrected chi connectivity index (χ0v) is 14.8. The number of amides is 4. The fourth-order valence-corrected chi connectivity index (χ4v) is 2.90. The van der Waals surface area contributed by atoms with Crippen LogP contribution in [0.25, 0.3) is 0 Å². The molecule has 0 radical (unpaired) electrons. The molecule has 1 aliphatic heterocycles. The Labute approximate surface area is 151 Å². The molecule has 0 spiro atoms. The smallest absolute Gasteiger partial charge is 0.328 e. The Morgan fingerprint density at radius 2 is 2.08 bits per heavy atom. The van der Waals surface area contributed by atoms with Gasteiger partial charge in [-0.05, 0) is 19.1 Å². The summed E-state index contributed by atoms with van der Waals surface area (Å²) in [5.74, 6) is -0.505. The molecule has 2 aromatic rings. The Morgan fingerprint density at radius 3 is 2.77 bits per heavy atom. The number of aryl methyl sites for hydroxylation is 1. The third kappa shape index (κ3) is 3.58. The molecule has 4 amide bonds. The lowest BCUT2D eigenvalue weighted by molar-refractivity contribution is -0.120. The van der Waals surface area contributed by atoms with E-state index < -0.39 is 6.03 Å². The van der Waals surface area contributed by atoms with Gasteiger partial charge >= 0.3 is 6.03 Å². The van der Waals surface area contributed by atoms with Crippen LogP contribution >= 0.6 is 0 Å². The highest BCUT2D eigenvalue weighted by Gasteiger charge is 2.28. The number of hydrogen-bond donors (Lipinski definition) is 1. The van der Waals surface area contributed by atoms with E-state index in [4.69, 9.17) is 0 Å². The van der Waals surface area contributed by atoms with Gasteiger partial charge in [-0.3, -0.25) is 24.5 Å². The van der Waals surface area contributed by atoms with Crippen molar-refractivity contribution in [1.82, 2.24) is 20.0 Å². The molecule has 1 saturated heterocycles. The zero-order valence-electron chi connectivity index (χ0n) is 14.8. The van der Waals surface area contributed by atoms with Gasteiger partial charge in [-0.15, -0.1) is 0 Å². The molecule has 2 heterocycles. The van der Waals surface area contributed by atoms with Crippen LogP contribution in [-0.4, -0.2) is 46.1 Å². The summed E-state index contributed by atoms with van der Waals surface area (Å²) < 4.78 is 1.80. The van der Waals surface area contributed by atoms with Crippen LogP contribution in [0.4, 0.5) is 10.5 Å². The van der Waals surface area contributed by atoms with Crippen LogP contribution in [0.3, 0.4) is 0 Å². The average molecular weight is 355 g/mol. The molecule has 3 rings (SSSR count). The first-order chi connectivity index (χ1) is 12.5. The van der Waals surface area contributed by atoms with E-state index in [9.17, 15) is 14.4 Å². The van der Waals surface area contributed by atoms with E-state index in [-0.39, 0.29) is 24.8 Å². The number of hydrogen-bond acceptors (Lipinski definition) is 4. The molecule has 0 atom stereocenters. The van der Waals surface area contributed by atoms with E-state index in [1.807, 2.05) is 13.1 Å². The van der Waals surface area contributed by atoms with Gasteiger partial charge in [0.2, 0.25) is 5.91 Å². The van der Waals surface area contributed by atoms with Crippen LogP contribution in [-0.2, 0) is 17.9 Å². The maximum absolute atomic E-state index is 12.9. The third-order valence-corrected chi connectivity index (χ3v) is 4.26. The Morgan fingerprint density at radius 1 is 1.31 bits per heavy atom. The minimum Gasteiger partial charge on any atom is -0.337 e. The molecule has 0 saturated carbocycles. The number of aromatic nitrogens is 2. The average Bonchev–Trinajstić information content (AvgIpc) is 3.09. The van der Waals surface area contributed by atoms with Crippen LogP contribution in [0.1, 0.15) is 29.3 Å². The van der Waals surface area contributed by atoms with Crippen molar-refractivity contribution in [3.8, 4) is 0 Å². The van der Waals surface area contributed by atoms with Gasteiger partial charge in [-0.25, -0.2) is 4.79 Å². The summed E-state index contributed by atoms with van der Waals surface area (Å²) in [5, 5.41) is 6.50. The third-order valence-electron chi connectivity index (χ3n) is 4.26. The fourth-order valence-electron chi connectivity index (χ4n) is 2.90. The number of urea groups is 1. The number of para-hydroxylation sites is 1. The highest BCUT2D eigenvalue weighted by Crippen LogP contribution is 2.24. The molecule has 1 aromatic carbocycles. The summed E-state index contributed by atoms with van der Waals surface area (Å²) in [7, 11) is 1.71. The molecule has 26 heavy (non-hydrogen) atoms.